The van der Waals surface area contributed by atoms with Crippen LogP contribution in [-0.2, 0) is 4.79 Å². The summed E-state index contributed by atoms with van der Waals surface area (Å²) >= 11 is 0. The Morgan fingerprint density at radius 3 is 2.55 bits per heavy atom. The minimum absolute atomic E-state index is 0.0280. The van der Waals surface area contributed by atoms with Crippen LogP contribution >= 0.6 is 0 Å². The van der Waals surface area contributed by atoms with Crippen molar-refractivity contribution in [3.05, 3.63) is 59.7 Å². The Balaban J connectivity index is 1.53. The summed E-state index contributed by atoms with van der Waals surface area (Å²) < 4.78 is 11.0. The molecular formula is C25H33N3O3. The lowest BCUT2D eigenvalue weighted by atomic mass is 10.0. The predicted octanol–water partition coefficient (Wildman–Crippen LogP) is 3.36. The number of likely N-dealkylation sites (tertiary alicyclic amines) is 1. The van der Waals surface area contributed by atoms with E-state index in [9.17, 15) is 4.79 Å². The van der Waals surface area contributed by atoms with Crippen LogP contribution in [-0.4, -0.2) is 74.6 Å². The summed E-state index contributed by atoms with van der Waals surface area (Å²) in [5.74, 6) is 1.79. The van der Waals surface area contributed by atoms with Crippen molar-refractivity contribution in [2.75, 3.05) is 54.0 Å². The molecule has 0 aromatic heterocycles. The number of piperazine rings is 1. The molecular weight excluding hydrogens is 390 g/mol. The Bertz CT molecular complexity index is 889. The van der Waals surface area contributed by atoms with Crippen LogP contribution in [0.4, 0.5) is 0 Å². The molecule has 6 heteroatoms. The van der Waals surface area contributed by atoms with Gasteiger partial charge in [-0.1, -0.05) is 30.3 Å². The van der Waals surface area contributed by atoms with Crippen molar-refractivity contribution in [2.24, 2.45) is 0 Å². The third-order valence-corrected chi connectivity index (χ3v) is 6.59. The van der Waals surface area contributed by atoms with Gasteiger partial charge in [-0.2, -0.15) is 0 Å². The number of ether oxygens (including phenoxy) is 2. The number of likely N-dealkylation sites (N-methyl/N-ethyl adjacent to an activating group) is 1. The van der Waals surface area contributed by atoms with Gasteiger partial charge in [0, 0.05) is 37.8 Å². The minimum Gasteiger partial charge on any atom is -0.497 e. The minimum atomic E-state index is 0.0280. The summed E-state index contributed by atoms with van der Waals surface area (Å²) in [4.78, 5) is 20.2. The Labute approximate surface area is 185 Å². The van der Waals surface area contributed by atoms with E-state index in [-0.39, 0.29) is 18.0 Å². The van der Waals surface area contributed by atoms with E-state index in [4.69, 9.17) is 9.47 Å². The van der Waals surface area contributed by atoms with Crippen LogP contribution in [0.1, 0.15) is 36.1 Å². The molecule has 2 saturated heterocycles. The SMILES string of the molecule is COc1ccc(OC)c(C2CCCN2C(=O)CN2CCN(C)CC2c2ccccc2)c1. The van der Waals surface area contributed by atoms with Crippen molar-refractivity contribution in [1.29, 1.82) is 0 Å². The van der Waals surface area contributed by atoms with E-state index in [1.54, 1.807) is 14.2 Å². The van der Waals surface area contributed by atoms with Crippen LogP contribution in [0.3, 0.4) is 0 Å². The van der Waals surface area contributed by atoms with Crippen LogP contribution in [0.15, 0.2) is 48.5 Å². The van der Waals surface area contributed by atoms with Gasteiger partial charge in [-0.15, -0.1) is 0 Å². The number of hydrogen-bond acceptors (Lipinski definition) is 5. The van der Waals surface area contributed by atoms with Crippen molar-refractivity contribution in [1.82, 2.24) is 14.7 Å². The smallest absolute Gasteiger partial charge is 0.237 e. The van der Waals surface area contributed by atoms with Crippen LogP contribution in [0.5, 0.6) is 11.5 Å². The fourth-order valence-corrected chi connectivity index (χ4v) is 4.89. The van der Waals surface area contributed by atoms with Gasteiger partial charge >= 0.3 is 0 Å². The maximum absolute atomic E-state index is 13.5. The van der Waals surface area contributed by atoms with E-state index in [2.05, 4.69) is 41.1 Å². The van der Waals surface area contributed by atoms with E-state index in [0.717, 1.165) is 56.1 Å². The summed E-state index contributed by atoms with van der Waals surface area (Å²) in [7, 11) is 5.50. The highest BCUT2D eigenvalue weighted by molar-refractivity contribution is 5.79. The second kappa shape index (κ2) is 9.71. The highest BCUT2D eigenvalue weighted by Gasteiger charge is 2.35. The van der Waals surface area contributed by atoms with Gasteiger partial charge in [0.25, 0.3) is 0 Å². The second-order valence-corrected chi connectivity index (χ2v) is 8.51. The fraction of sp³-hybridized carbons (Fsp3) is 0.480. The first-order valence-electron chi connectivity index (χ1n) is 11.1. The Morgan fingerprint density at radius 2 is 1.81 bits per heavy atom. The van der Waals surface area contributed by atoms with Gasteiger partial charge in [-0.25, -0.2) is 0 Å². The third kappa shape index (κ3) is 4.70. The summed E-state index contributed by atoms with van der Waals surface area (Å²) in [5, 5.41) is 0. The highest BCUT2D eigenvalue weighted by Crippen LogP contribution is 2.39. The fourth-order valence-electron chi connectivity index (χ4n) is 4.89. The number of hydrogen-bond donors (Lipinski definition) is 0. The molecule has 4 rings (SSSR count). The molecule has 2 aliphatic heterocycles. The second-order valence-electron chi connectivity index (χ2n) is 8.51. The first kappa shape index (κ1) is 21.7. The van der Waals surface area contributed by atoms with Crippen molar-refractivity contribution in [3.8, 4) is 11.5 Å². The molecule has 0 aliphatic carbocycles. The van der Waals surface area contributed by atoms with Crippen LogP contribution in [0.2, 0.25) is 0 Å². The van der Waals surface area contributed by atoms with Gasteiger partial charge in [0.1, 0.15) is 11.5 Å². The molecule has 2 atom stereocenters. The zero-order chi connectivity index (χ0) is 21.8. The first-order chi connectivity index (χ1) is 15.1. The van der Waals surface area contributed by atoms with Crippen LogP contribution in [0.25, 0.3) is 0 Å². The van der Waals surface area contributed by atoms with Crippen molar-refractivity contribution >= 4 is 5.91 Å². The summed E-state index contributed by atoms with van der Waals surface area (Å²) in [6.45, 7) is 4.03. The lowest BCUT2D eigenvalue weighted by Crippen LogP contribution is -2.50. The number of benzene rings is 2. The normalized spacial score (nSPS) is 22.5. The van der Waals surface area contributed by atoms with Gasteiger partial charge < -0.3 is 19.3 Å². The molecule has 2 aliphatic rings. The number of rotatable bonds is 6. The average Bonchev–Trinajstić information content (AvgIpc) is 3.30. The van der Waals surface area contributed by atoms with Crippen molar-refractivity contribution < 1.29 is 14.3 Å². The Kier molecular flexibility index (Phi) is 6.78. The van der Waals surface area contributed by atoms with Crippen LogP contribution in [0, 0.1) is 0 Å². The lowest BCUT2D eigenvalue weighted by Gasteiger charge is -2.41. The summed E-state index contributed by atoms with van der Waals surface area (Å²) in [6.07, 6.45) is 1.95. The molecule has 31 heavy (non-hydrogen) atoms. The summed E-state index contributed by atoms with van der Waals surface area (Å²) in [6, 6.07) is 16.6. The monoisotopic (exact) mass is 423 g/mol. The molecule has 0 N–H and O–H groups in total. The molecule has 2 heterocycles. The Hall–Kier alpha value is -2.57. The number of carbonyl (C=O) groups excluding carboxylic acids is 1. The van der Waals surface area contributed by atoms with E-state index >= 15 is 0 Å². The number of amides is 1. The van der Waals surface area contributed by atoms with Gasteiger partial charge in [0.15, 0.2) is 0 Å². The Morgan fingerprint density at radius 1 is 1.00 bits per heavy atom. The van der Waals surface area contributed by atoms with Crippen molar-refractivity contribution in [3.63, 3.8) is 0 Å². The van der Waals surface area contributed by atoms with E-state index in [1.165, 1.54) is 5.56 Å². The highest BCUT2D eigenvalue weighted by atomic mass is 16.5. The standard InChI is InChI=1S/C25H33N3O3/c1-26-14-15-27(23(17-26)19-8-5-4-6-9-19)18-25(29)28-13-7-10-22(28)21-16-20(30-2)11-12-24(21)31-3/h4-6,8-9,11-12,16,22-23H,7,10,13-15,17-18H2,1-3H3. The average molecular weight is 424 g/mol. The topological polar surface area (TPSA) is 45.3 Å². The summed E-state index contributed by atoms with van der Waals surface area (Å²) in [5.41, 5.74) is 2.31. The van der Waals surface area contributed by atoms with Gasteiger partial charge in [0.2, 0.25) is 5.91 Å². The maximum Gasteiger partial charge on any atom is 0.237 e. The molecule has 2 aromatic carbocycles. The zero-order valence-corrected chi connectivity index (χ0v) is 18.8. The molecule has 0 radical (unpaired) electrons. The maximum atomic E-state index is 13.5. The molecule has 1 amide bonds. The molecule has 0 saturated carbocycles. The molecule has 2 aromatic rings. The molecule has 6 nitrogen and oxygen atoms in total. The van der Waals surface area contributed by atoms with E-state index in [0.29, 0.717) is 6.54 Å². The van der Waals surface area contributed by atoms with Gasteiger partial charge in [-0.3, -0.25) is 9.69 Å². The molecule has 166 valence electrons. The molecule has 2 fully saturated rings. The lowest BCUT2D eigenvalue weighted by molar-refractivity contribution is -0.134. The first-order valence-corrected chi connectivity index (χ1v) is 11.1. The van der Waals surface area contributed by atoms with E-state index < -0.39 is 0 Å². The van der Waals surface area contributed by atoms with Crippen molar-refractivity contribution in [2.45, 2.75) is 24.9 Å². The third-order valence-electron chi connectivity index (χ3n) is 6.59. The molecule has 2 unspecified atom stereocenters. The quantitative estimate of drug-likeness (QED) is 0.713. The van der Waals surface area contributed by atoms with Gasteiger partial charge in [0.05, 0.1) is 26.8 Å². The number of methoxy groups -OCH3 is 2. The van der Waals surface area contributed by atoms with Gasteiger partial charge in [-0.05, 0) is 43.7 Å². The molecule has 0 spiro atoms. The zero-order valence-electron chi connectivity index (χ0n) is 18.8. The van der Waals surface area contributed by atoms with Crippen LogP contribution < -0.4 is 9.47 Å². The number of carbonyl (C=O) groups is 1. The number of nitrogens with zero attached hydrogens (tertiary/aromatic N) is 3. The van der Waals surface area contributed by atoms with E-state index in [1.807, 2.05) is 29.2 Å². The molecule has 0 bridgehead atoms. The predicted molar refractivity (Wildman–Crippen MR) is 121 cm³/mol. The largest absolute Gasteiger partial charge is 0.497 e.